The number of alkyl halides is 3. The van der Waals surface area contributed by atoms with Crippen molar-refractivity contribution >= 4 is 11.7 Å². The van der Waals surface area contributed by atoms with Crippen LogP contribution in [0.25, 0.3) is 0 Å². The summed E-state index contributed by atoms with van der Waals surface area (Å²) in [5, 5.41) is 12.3. The zero-order valence-corrected chi connectivity index (χ0v) is 12.4. The van der Waals surface area contributed by atoms with Crippen molar-refractivity contribution in [2.45, 2.75) is 32.5 Å². The molecular formula is C15H19F3N2O2. The number of nitrogens with zero attached hydrogens (tertiary/aromatic N) is 1. The van der Waals surface area contributed by atoms with Gasteiger partial charge in [0.2, 0.25) is 0 Å². The lowest BCUT2D eigenvalue weighted by Crippen LogP contribution is -2.47. The topological polar surface area (TPSA) is 52.6 Å². The zero-order chi connectivity index (χ0) is 16.5. The molecule has 0 saturated carbocycles. The summed E-state index contributed by atoms with van der Waals surface area (Å²) in [5.74, 6) is 0.111. The highest BCUT2D eigenvalue weighted by Crippen LogP contribution is 2.32. The number of anilines is 1. The van der Waals surface area contributed by atoms with Gasteiger partial charge in [-0.2, -0.15) is 13.2 Å². The fraction of sp³-hybridized carbons (Fsp3) is 0.533. The number of hydrogen-bond donors (Lipinski definition) is 2. The van der Waals surface area contributed by atoms with Gasteiger partial charge in [-0.25, -0.2) is 4.79 Å². The fourth-order valence-electron chi connectivity index (χ4n) is 2.36. The van der Waals surface area contributed by atoms with Gasteiger partial charge in [0.05, 0.1) is 11.7 Å². The lowest BCUT2D eigenvalue weighted by atomic mass is 9.96. The van der Waals surface area contributed by atoms with Crippen LogP contribution in [0.5, 0.6) is 0 Å². The van der Waals surface area contributed by atoms with E-state index in [9.17, 15) is 23.1 Å². The average Bonchev–Trinajstić information content (AvgIpc) is 2.43. The monoisotopic (exact) mass is 316 g/mol. The third-order valence-corrected chi connectivity index (χ3v) is 4.01. The van der Waals surface area contributed by atoms with Crippen molar-refractivity contribution in [2.24, 2.45) is 5.92 Å². The van der Waals surface area contributed by atoms with Crippen LogP contribution in [0.3, 0.4) is 0 Å². The molecule has 2 N–H and O–H groups in total. The minimum Gasteiger partial charge on any atom is -0.391 e. The van der Waals surface area contributed by atoms with Crippen molar-refractivity contribution in [2.75, 3.05) is 18.4 Å². The predicted molar refractivity (Wildman–Crippen MR) is 76.6 cm³/mol. The van der Waals surface area contributed by atoms with E-state index in [-0.39, 0.29) is 18.2 Å². The molecule has 2 atom stereocenters. The SMILES string of the molecule is Cc1ccc(C(F)(F)F)cc1NC(=O)N1CCC(C)C(O)C1. The maximum atomic E-state index is 12.7. The number of halogens is 3. The molecule has 0 aliphatic carbocycles. The molecule has 122 valence electrons. The number of aliphatic hydroxyl groups is 1. The first-order chi connectivity index (χ1) is 10.2. The quantitative estimate of drug-likeness (QED) is 0.835. The largest absolute Gasteiger partial charge is 0.416 e. The first kappa shape index (κ1) is 16.6. The molecule has 1 saturated heterocycles. The van der Waals surface area contributed by atoms with Gasteiger partial charge in [-0.3, -0.25) is 0 Å². The Balaban J connectivity index is 2.11. The van der Waals surface area contributed by atoms with Crippen LogP contribution in [0.1, 0.15) is 24.5 Å². The number of piperidine rings is 1. The molecule has 0 radical (unpaired) electrons. The molecule has 2 amide bonds. The Bertz CT molecular complexity index is 560. The van der Waals surface area contributed by atoms with Crippen molar-refractivity contribution in [3.63, 3.8) is 0 Å². The Morgan fingerprint density at radius 2 is 2.09 bits per heavy atom. The number of carbonyl (C=O) groups is 1. The van der Waals surface area contributed by atoms with Crippen LogP contribution >= 0.6 is 0 Å². The van der Waals surface area contributed by atoms with Crippen LogP contribution in [-0.4, -0.2) is 35.2 Å². The van der Waals surface area contributed by atoms with E-state index in [1.807, 2.05) is 6.92 Å². The van der Waals surface area contributed by atoms with E-state index < -0.39 is 23.9 Å². The Morgan fingerprint density at radius 3 is 2.68 bits per heavy atom. The number of hydrogen-bond acceptors (Lipinski definition) is 2. The number of nitrogens with one attached hydrogen (secondary N) is 1. The van der Waals surface area contributed by atoms with Crippen LogP contribution in [0.15, 0.2) is 18.2 Å². The van der Waals surface area contributed by atoms with Crippen molar-refractivity contribution < 1.29 is 23.1 Å². The van der Waals surface area contributed by atoms with Gasteiger partial charge in [-0.15, -0.1) is 0 Å². The maximum absolute atomic E-state index is 12.7. The Morgan fingerprint density at radius 1 is 1.41 bits per heavy atom. The molecule has 0 spiro atoms. The van der Waals surface area contributed by atoms with Crippen LogP contribution in [0.2, 0.25) is 0 Å². The lowest BCUT2D eigenvalue weighted by Gasteiger charge is -2.34. The number of benzene rings is 1. The van der Waals surface area contributed by atoms with Gasteiger partial charge in [0.15, 0.2) is 0 Å². The second-order valence-electron chi connectivity index (χ2n) is 5.74. The number of rotatable bonds is 1. The summed E-state index contributed by atoms with van der Waals surface area (Å²) in [5.41, 5.74) is -0.124. The zero-order valence-electron chi connectivity index (χ0n) is 12.4. The highest BCUT2D eigenvalue weighted by atomic mass is 19.4. The third-order valence-electron chi connectivity index (χ3n) is 4.01. The van der Waals surface area contributed by atoms with E-state index in [2.05, 4.69) is 5.32 Å². The van der Waals surface area contributed by atoms with Gasteiger partial charge < -0.3 is 15.3 Å². The number of β-amino-alcohol motifs (C(OH)–C–C–N with tert-alkyl or cyclic N) is 1. The molecule has 2 rings (SSSR count). The summed E-state index contributed by atoms with van der Waals surface area (Å²) >= 11 is 0. The molecule has 2 unspecified atom stereocenters. The van der Waals surface area contributed by atoms with E-state index in [0.717, 1.165) is 12.1 Å². The highest BCUT2D eigenvalue weighted by molar-refractivity contribution is 5.90. The van der Waals surface area contributed by atoms with Crippen LogP contribution < -0.4 is 5.32 Å². The van der Waals surface area contributed by atoms with Gasteiger partial charge in [0, 0.05) is 18.8 Å². The predicted octanol–water partition coefficient (Wildman–Crippen LogP) is 3.25. The van der Waals surface area contributed by atoms with E-state index in [1.165, 1.54) is 11.0 Å². The Hall–Kier alpha value is -1.76. The van der Waals surface area contributed by atoms with Crippen molar-refractivity contribution in [3.05, 3.63) is 29.3 Å². The number of likely N-dealkylation sites (tertiary alicyclic amines) is 1. The molecule has 1 aromatic carbocycles. The normalized spacial score (nSPS) is 22.5. The van der Waals surface area contributed by atoms with Gasteiger partial charge in [-0.1, -0.05) is 13.0 Å². The molecule has 1 aliphatic heterocycles. The van der Waals surface area contributed by atoms with Crippen molar-refractivity contribution in [1.82, 2.24) is 4.90 Å². The third kappa shape index (κ3) is 3.71. The molecule has 0 bridgehead atoms. The van der Waals surface area contributed by atoms with E-state index in [1.54, 1.807) is 6.92 Å². The highest BCUT2D eigenvalue weighted by Gasteiger charge is 2.31. The maximum Gasteiger partial charge on any atom is 0.416 e. The summed E-state index contributed by atoms with van der Waals surface area (Å²) in [6.07, 6.45) is -4.40. The molecule has 22 heavy (non-hydrogen) atoms. The summed E-state index contributed by atoms with van der Waals surface area (Å²) in [4.78, 5) is 13.6. The van der Waals surface area contributed by atoms with Crippen LogP contribution in [0, 0.1) is 12.8 Å². The molecule has 4 nitrogen and oxygen atoms in total. The summed E-state index contributed by atoms with van der Waals surface area (Å²) < 4.78 is 38.2. The van der Waals surface area contributed by atoms with Gasteiger partial charge in [0.1, 0.15) is 0 Å². The van der Waals surface area contributed by atoms with Crippen molar-refractivity contribution in [1.29, 1.82) is 0 Å². The summed E-state index contributed by atoms with van der Waals surface area (Å²) in [6.45, 7) is 4.19. The number of aliphatic hydroxyl groups excluding tert-OH is 1. The standard InChI is InChI=1S/C15H19F3N2O2/c1-9-3-4-11(15(16,17)18)7-12(9)19-14(22)20-6-5-10(2)13(21)8-20/h3-4,7,10,13,21H,5-6,8H2,1-2H3,(H,19,22). The van der Waals surface area contributed by atoms with Gasteiger partial charge >= 0.3 is 12.2 Å². The van der Waals surface area contributed by atoms with E-state index >= 15 is 0 Å². The number of carbonyl (C=O) groups excluding carboxylic acids is 1. The second-order valence-corrected chi connectivity index (χ2v) is 5.74. The molecular weight excluding hydrogens is 297 g/mol. The fourth-order valence-corrected chi connectivity index (χ4v) is 2.36. The molecule has 7 heteroatoms. The second kappa shape index (κ2) is 6.16. The summed E-state index contributed by atoms with van der Waals surface area (Å²) in [6, 6.07) is 2.74. The number of aryl methyl sites for hydroxylation is 1. The first-order valence-electron chi connectivity index (χ1n) is 7.10. The minimum absolute atomic E-state index is 0.111. The minimum atomic E-state index is -4.45. The molecule has 1 heterocycles. The number of amides is 2. The smallest absolute Gasteiger partial charge is 0.391 e. The average molecular weight is 316 g/mol. The van der Waals surface area contributed by atoms with Crippen molar-refractivity contribution in [3.8, 4) is 0 Å². The molecule has 1 aliphatic rings. The first-order valence-corrected chi connectivity index (χ1v) is 7.10. The Kier molecular flexibility index (Phi) is 4.65. The molecule has 0 aromatic heterocycles. The van der Waals surface area contributed by atoms with Crippen LogP contribution in [-0.2, 0) is 6.18 Å². The number of urea groups is 1. The van der Waals surface area contributed by atoms with Gasteiger partial charge in [0.25, 0.3) is 0 Å². The van der Waals surface area contributed by atoms with Crippen LogP contribution in [0.4, 0.5) is 23.7 Å². The Labute approximate surface area is 126 Å². The lowest BCUT2D eigenvalue weighted by molar-refractivity contribution is -0.137. The summed E-state index contributed by atoms with van der Waals surface area (Å²) in [7, 11) is 0. The van der Waals surface area contributed by atoms with Gasteiger partial charge in [-0.05, 0) is 37.0 Å². The van der Waals surface area contributed by atoms with E-state index in [4.69, 9.17) is 0 Å². The van der Waals surface area contributed by atoms with E-state index in [0.29, 0.717) is 18.5 Å². The molecule has 1 fully saturated rings. The molecule has 1 aromatic rings.